The number of hydrogen-bond donors (Lipinski definition) is 2. The zero-order chi connectivity index (χ0) is 23.2. The molecule has 0 aliphatic heterocycles. The number of halogens is 2. The lowest BCUT2D eigenvalue weighted by atomic mass is 10.0. The van der Waals surface area contributed by atoms with E-state index in [4.69, 9.17) is 0 Å². The van der Waals surface area contributed by atoms with Gasteiger partial charge in [-0.05, 0) is 29.2 Å². The Morgan fingerprint density at radius 2 is 1.73 bits per heavy atom. The maximum atomic E-state index is 12.6. The molecule has 4 rings (SSSR count). The Hall–Kier alpha value is -4.21. The number of nitrogens with one attached hydrogen (secondary N) is 2. The Morgan fingerprint density at radius 1 is 0.970 bits per heavy atom. The topological polar surface area (TPSA) is 97.6 Å². The van der Waals surface area contributed by atoms with Gasteiger partial charge < -0.3 is 10.6 Å². The fraction of sp³-hybridized carbons (Fsp3) is 0.174. The molecule has 3 heterocycles. The molecule has 1 aromatic carbocycles. The van der Waals surface area contributed by atoms with Crippen LogP contribution in [0.1, 0.15) is 24.6 Å². The van der Waals surface area contributed by atoms with E-state index in [2.05, 4.69) is 30.7 Å². The van der Waals surface area contributed by atoms with Crippen molar-refractivity contribution < 1.29 is 13.6 Å². The van der Waals surface area contributed by atoms with Gasteiger partial charge in [0.15, 0.2) is 0 Å². The van der Waals surface area contributed by atoms with Crippen LogP contribution in [0.2, 0.25) is 0 Å². The number of rotatable bonds is 8. The minimum atomic E-state index is -2.71. The number of hydrogen-bond acceptors (Lipinski definition) is 6. The third kappa shape index (κ3) is 5.73. The van der Waals surface area contributed by atoms with E-state index in [1.165, 1.54) is 12.4 Å². The number of carbonyl (C=O) groups excluding carboxylic acids is 1. The van der Waals surface area contributed by atoms with Crippen molar-refractivity contribution in [3.63, 3.8) is 0 Å². The Balaban J connectivity index is 1.35. The summed E-state index contributed by atoms with van der Waals surface area (Å²) < 4.78 is 25.7. The van der Waals surface area contributed by atoms with E-state index in [1.807, 2.05) is 37.3 Å². The lowest BCUT2D eigenvalue weighted by molar-refractivity contribution is -0.115. The Bertz CT molecular complexity index is 1220. The highest BCUT2D eigenvalue weighted by Gasteiger charge is 2.09. The van der Waals surface area contributed by atoms with Crippen LogP contribution in [0.5, 0.6) is 0 Å². The lowest BCUT2D eigenvalue weighted by Gasteiger charge is -2.08. The van der Waals surface area contributed by atoms with Crippen molar-refractivity contribution in [2.45, 2.75) is 26.3 Å². The number of anilines is 3. The van der Waals surface area contributed by atoms with Gasteiger partial charge >= 0.3 is 6.55 Å². The average Bonchev–Trinajstić information content (AvgIpc) is 3.29. The smallest absolute Gasteiger partial charge is 0.324 e. The quantitative estimate of drug-likeness (QED) is 0.408. The predicted octanol–water partition coefficient (Wildman–Crippen LogP) is 4.62. The summed E-state index contributed by atoms with van der Waals surface area (Å²) in [4.78, 5) is 24.9. The molecule has 0 bridgehead atoms. The van der Waals surface area contributed by atoms with Crippen molar-refractivity contribution in [3.05, 3.63) is 78.6 Å². The second kappa shape index (κ2) is 9.94. The van der Waals surface area contributed by atoms with Gasteiger partial charge in [-0.25, -0.2) is 14.6 Å². The van der Waals surface area contributed by atoms with Crippen molar-refractivity contribution in [2.24, 2.45) is 0 Å². The van der Waals surface area contributed by atoms with Gasteiger partial charge in [0.2, 0.25) is 11.9 Å². The molecule has 0 unspecified atom stereocenters. The minimum Gasteiger partial charge on any atom is -0.324 e. The normalized spacial score (nSPS) is 10.9. The number of benzene rings is 1. The summed E-state index contributed by atoms with van der Waals surface area (Å²) in [5.74, 6) is 0.147. The van der Waals surface area contributed by atoms with Gasteiger partial charge in [0.05, 0.1) is 36.4 Å². The molecule has 0 aliphatic rings. The first-order valence-electron chi connectivity index (χ1n) is 10.2. The molecule has 0 spiro atoms. The molecule has 10 heteroatoms. The standard InChI is InChI=1S/C23H21F2N7O/c1-2-15-7-19(12-26-9-15)30-21(33)8-16-3-5-17(6-4-16)18-10-27-23(28-11-18)31-20-13-29-32(14-20)22(24)25/h3-7,9-14,22H,2,8H2,1H3,(H,30,33)(H,27,28,31). The maximum Gasteiger partial charge on any atom is 0.333 e. The van der Waals surface area contributed by atoms with Gasteiger partial charge in [-0.3, -0.25) is 9.78 Å². The molecule has 0 radical (unpaired) electrons. The zero-order valence-corrected chi connectivity index (χ0v) is 17.7. The van der Waals surface area contributed by atoms with E-state index < -0.39 is 6.55 Å². The number of alkyl halides is 2. The second-order valence-electron chi connectivity index (χ2n) is 7.26. The lowest BCUT2D eigenvalue weighted by Crippen LogP contribution is -2.14. The van der Waals surface area contributed by atoms with Crippen LogP contribution in [0.25, 0.3) is 11.1 Å². The molecule has 168 valence electrons. The van der Waals surface area contributed by atoms with Crippen LogP contribution >= 0.6 is 0 Å². The monoisotopic (exact) mass is 449 g/mol. The SMILES string of the molecule is CCc1cncc(NC(=O)Cc2ccc(-c3cnc(Nc4cnn(C(F)F)c4)nc3)cc2)c1. The van der Waals surface area contributed by atoms with Crippen molar-refractivity contribution in [3.8, 4) is 11.1 Å². The number of amides is 1. The van der Waals surface area contributed by atoms with E-state index >= 15 is 0 Å². The Kier molecular flexibility index (Phi) is 6.63. The summed E-state index contributed by atoms with van der Waals surface area (Å²) in [5.41, 5.74) is 4.64. The number of pyridine rings is 1. The second-order valence-corrected chi connectivity index (χ2v) is 7.26. The molecule has 0 saturated heterocycles. The number of aryl methyl sites for hydroxylation is 1. The summed E-state index contributed by atoms with van der Waals surface area (Å²) in [7, 11) is 0. The third-order valence-corrected chi connectivity index (χ3v) is 4.85. The van der Waals surface area contributed by atoms with E-state index in [0.29, 0.717) is 16.1 Å². The van der Waals surface area contributed by atoms with Crippen molar-refractivity contribution in [2.75, 3.05) is 10.6 Å². The summed E-state index contributed by atoms with van der Waals surface area (Å²) in [6.45, 7) is -0.674. The molecule has 0 saturated carbocycles. The first kappa shape index (κ1) is 22.0. The Morgan fingerprint density at radius 3 is 2.39 bits per heavy atom. The van der Waals surface area contributed by atoms with Gasteiger partial charge in [-0.2, -0.15) is 13.9 Å². The van der Waals surface area contributed by atoms with Crippen LogP contribution in [-0.2, 0) is 17.6 Å². The minimum absolute atomic E-state index is 0.119. The first-order valence-corrected chi connectivity index (χ1v) is 10.2. The fourth-order valence-corrected chi connectivity index (χ4v) is 3.13. The highest BCUT2D eigenvalue weighted by Crippen LogP contribution is 2.21. The summed E-state index contributed by atoms with van der Waals surface area (Å²) in [6.07, 6.45) is 10.2. The molecule has 2 N–H and O–H groups in total. The van der Waals surface area contributed by atoms with Gasteiger partial charge in [-0.15, -0.1) is 0 Å². The first-order chi connectivity index (χ1) is 16.0. The molecular weight excluding hydrogens is 428 g/mol. The summed E-state index contributed by atoms with van der Waals surface area (Å²) in [6, 6.07) is 9.44. The van der Waals surface area contributed by atoms with Crippen LogP contribution in [0.4, 0.5) is 26.1 Å². The van der Waals surface area contributed by atoms with Crippen molar-refractivity contribution >= 4 is 23.2 Å². The van der Waals surface area contributed by atoms with Gasteiger partial charge in [0.25, 0.3) is 0 Å². The zero-order valence-electron chi connectivity index (χ0n) is 17.7. The van der Waals surface area contributed by atoms with E-state index in [1.54, 1.807) is 24.8 Å². The predicted molar refractivity (Wildman–Crippen MR) is 120 cm³/mol. The molecule has 8 nitrogen and oxygen atoms in total. The molecule has 0 atom stereocenters. The van der Waals surface area contributed by atoms with Gasteiger partial charge in [0.1, 0.15) is 0 Å². The molecule has 1 amide bonds. The van der Waals surface area contributed by atoms with Gasteiger partial charge in [-0.1, -0.05) is 31.2 Å². The summed E-state index contributed by atoms with van der Waals surface area (Å²) in [5, 5.41) is 9.25. The maximum absolute atomic E-state index is 12.6. The van der Waals surface area contributed by atoms with Crippen molar-refractivity contribution in [1.29, 1.82) is 0 Å². The average molecular weight is 449 g/mol. The molecule has 33 heavy (non-hydrogen) atoms. The molecule has 3 aromatic heterocycles. The van der Waals surface area contributed by atoms with Crippen molar-refractivity contribution in [1.82, 2.24) is 24.7 Å². The van der Waals surface area contributed by atoms with E-state index in [0.717, 1.165) is 28.7 Å². The van der Waals surface area contributed by atoms with Crippen LogP contribution in [-0.4, -0.2) is 30.6 Å². The van der Waals surface area contributed by atoms with E-state index in [9.17, 15) is 13.6 Å². The highest BCUT2D eigenvalue weighted by molar-refractivity contribution is 5.92. The fourth-order valence-electron chi connectivity index (χ4n) is 3.13. The number of aromatic nitrogens is 5. The molecular formula is C23H21F2N7O. The Labute approximate surface area is 188 Å². The van der Waals surface area contributed by atoms with Crippen LogP contribution in [0, 0.1) is 0 Å². The largest absolute Gasteiger partial charge is 0.333 e. The molecule has 4 aromatic rings. The van der Waals surface area contributed by atoms with Gasteiger partial charge in [0, 0.05) is 24.2 Å². The molecule has 0 aliphatic carbocycles. The summed E-state index contributed by atoms with van der Waals surface area (Å²) >= 11 is 0. The molecule has 0 fully saturated rings. The number of carbonyl (C=O) groups is 1. The third-order valence-electron chi connectivity index (χ3n) is 4.85. The number of nitrogens with zero attached hydrogens (tertiary/aromatic N) is 5. The highest BCUT2D eigenvalue weighted by atomic mass is 19.3. The van der Waals surface area contributed by atoms with Crippen LogP contribution in [0.3, 0.4) is 0 Å². The van der Waals surface area contributed by atoms with E-state index in [-0.39, 0.29) is 18.3 Å². The van der Waals surface area contributed by atoms with Crippen LogP contribution in [0.15, 0.2) is 67.5 Å². The van der Waals surface area contributed by atoms with Crippen LogP contribution < -0.4 is 10.6 Å².